The predicted molar refractivity (Wildman–Crippen MR) is 108 cm³/mol. The first-order valence-electron chi connectivity index (χ1n) is 9.10. The Morgan fingerprint density at radius 2 is 1.86 bits per heavy atom. The number of nitrogens with two attached hydrogens (primary N) is 1. The lowest BCUT2D eigenvalue weighted by Crippen LogP contribution is -2.42. The van der Waals surface area contributed by atoms with Crippen LogP contribution >= 0.6 is 0 Å². The number of nitrogens with one attached hydrogen (secondary N) is 2. The van der Waals surface area contributed by atoms with Crippen molar-refractivity contribution < 1.29 is 13.2 Å². The van der Waals surface area contributed by atoms with E-state index in [0.29, 0.717) is 31.5 Å². The number of benzene rings is 2. The fourth-order valence-electron chi connectivity index (χ4n) is 3.24. The van der Waals surface area contributed by atoms with Crippen LogP contribution in [0.1, 0.15) is 23.1 Å². The van der Waals surface area contributed by atoms with Crippen molar-refractivity contribution in [1.29, 1.82) is 5.41 Å². The van der Waals surface area contributed by atoms with E-state index in [-0.39, 0.29) is 17.5 Å². The van der Waals surface area contributed by atoms with Crippen molar-refractivity contribution in [2.45, 2.75) is 25.4 Å². The maximum Gasteiger partial charge on any atom is 0.241 e. The Morgan fingerprint density at radius 1 is 1.14 bits per heavy atom. The van der Waals surface area contributed by atoms with Crippen molar-refractivity contribution in [1.82, 2.24) is 9.62 Å². The Hall–Kier alpha value is -2.71. The van der Waals surface area contributed by atoms with Crippen LogP contribution in [0.25, 0.3) is 0 Å². The zero-order valence-electron chi connectivity index (χ0n) is 15.5. The summed E-state index contributed by atoms with van der Waals surface area (Å²) in [6, 6.07) is 15.8. The number of sulfonamides is 1. The molecular formula is C20H24N4O3S. The number of likely N-dealkylation sites (tertiary alicyclic amines) is 1. The summed E-state index contributed by atoms with van der Waals surface area (Å²) in [5.41, 5.74) is 7.90. The minimum atomic E-state index is -3.55. The molecule has 1 amide bonds. The number of nitrogen functional groups attached to an aromatic ring is 1. The summed E-state index contributed by atoms with van der Waals surface area (Å²) in [5.74, 6) is -0.309. The molecule has 0 aromatic heterocycles. The van der Waals surface area contributed by atoms with Gasteiger partial charge in [0.05, 0.1) is 5.75 Å². The van der Waals surface area contributed by atoms with Crippen molar-refractivity contribution in [3.63, 3.8) is 0 Å². The van der Waals surface area contributed by atoms with Gasteiger partial charge in [0.1, 0.15) is 11.9 Å². The molecule has 0 saturated carbocycles. The third-order valence-corrected chi connectivity index (χ3v) is 6.12. The first-order chi connectivity index (χ1) is 13.3. The highest BCUT2D eigenvalue weighted by Gasteiger charge is 2.34. The van der Waals surface area contributed by atoms with Gasteiger partial charge in [-0.1, -0.05) is 48.5 Å². The summed E-state index contributed by atoms with van der Waals surface area (Å²) in [4.78, 5) is 14.2. The third kappa shape index (κ3) is 5.17. The quantitative estimate of drug-likeness (QED) is 0.456. The molecule has 0 bridgehead atoms. The molecule has 0 unspecified atom stereocenters. The molecule has 148 valence electrons. The lowest BCUT2D eigenvalue weighted by molar-refractivity contribution is -0.129. The molecular weight excluding hydrogens is 376 g/mol. The van der Waals surface area contributed by atoms with Crippen molar-refractivity contribution in [2.75, 3.05) is 12.3 Å². The average molecular weight is 401 g/mol. The van der Waals surface area contributed by atoms with Gasteiger partial charge < -0.3 is 10.6 Å². The van der Waals surface area contributed by atoms with E-state index in [9.17, 15) is 13.2 Å². The summed E-state index contributed by atoms with van der Waals surface area (Å²) in [7, 11) is -3.55. The first kappa shape index (κ1) is 20.0. The minimum Gasteiger partial charge on any atom is -0.384 e. The topological polar surface area (TPSA) is 116 Å². The molecule has 1 aliphatic rings. The van der Waals surface area contributed by atoms with Gasteiger partial charge in [-0.15, -0.1) is 0 Å². The number of hydrogen-bond donors (Lipinski definition) is 3. The second kappa shape index (κ2) is 8.53. The van der Waals surface area contributed by atoms with Gasteiger partial charge in [-0.25, -0.2) is 13.1 Å². The fraction of sp³-hybridized carbons (Fsp3) is 0.300. The van der Waals surface area contributed by atoms with Crippen LogP contribution in [0, 0.1) is 5.41 Å². The molecule has 7 nitrogen and oxygen atoms in total. The molecule has 0 spiro atoms. The summed E-state index contributed by atoms with van der Waals surface area (Å²) in [5, 5.41) is 7.51. The Labute approximate surface area is 165 Å². The molecule has 1 atom stereocenters. The number of nitrogens with zero attached hydrogens (tertiary/aromatic N) is 1. The van der Waals surface area contributed by atoms with E-state index in [1.54, 1.807) is 23.1 Å². The number of aryl methyl sites for hydroxylation is 1. The van der Waals surface area contributed by atoms with Gasteiger partial charge in [0.15, 0.2) is 0 Å². The van der Waals surface area contributed by atoms with Crippen LogP contribution in [0.15, 0.2) is 54.6 Å². The molecule has 2 aromatic rings. The fourth-order valence-corrected chi connectivity index (χ4v) is 4.51. The monoisotopic (exact) mass is 400 g/mol. The lowest BCUT2D eigenvalue weighted by atomic mass is 10.1. The van der Waals surface area contributed by atoms with Gasteiger partial charge in [-0.2, -0.15) is 0 Å². The zero-order chi connectivity index (χ0) is 20.1. The summed E-state index contributed by atoms with van der Waals surface area (Å²) in [6.45, 7) is 0.844. The van der Waals surface area contributed by atoms with E-state index < -0.39 is 16.1 Å². The molecule has 4 N–H and O–H groups in total. The van der Waals surface area contributed by atoms with E-state index in [1.165, 1.54) is 0 Å². The van der Waals surface area contributed by atoms with Crippen LogP contribution in [0.4, 0.5) is 0 Å². The van der Waals surface area contributed by atoms with E-state index in [4.69, 9.17) is 11.1 Å². The van der Waals surface area contributed by atoms with Gasteiger partial charge >= 0.3 is 0 Å². The second-order valence-corrected chi connectivity index (χ2v) is 8.76. The van der Waals surface area contributed by atoms with Crippen molar-refractivity contribution >= 4 is 21.8 Å². The van der Waals surface area contributed by atoms with Crippen LogP contribution in [-0.4, -0.2) is 43.4 Å². The van der Waals surface area contributed by atoms with Crippen molar-refractivity contribution in [2.24, 2.45) is 5.73 Å². The molecule has 8 heteroatoms. The summed E-state index contributed by atoms with van der Waals surface area (Å²) >= 11 is 0. The highest BCUT2D eigenvalue weighted by molar-refractivity contribution is 7.89. The average Bonchev–Trinajstić information content (AvgIpc) is 3.00. The molecule has 1 aliphatic heterocycles. The normalized spacial score (nSPS) is 17.1. The number of hydrogen-bond acceptors (Lipinski definition) is 4. The van der Waals surface area contributed by atoms with Crippen LogP contribution in [-0.2, 0) is 27.8 Å². The zero-order valence-corrected chi connectivity index (χ0v) is 16.3. The lowest BCUT2D eigenvalue weighted by Gasteiger charge is -2.18. The van der Waals surface area contributed by atoms with Crippen LogP contribution in [0.3, 0.4) is 0 Å². The van der Waals surface area contributed by atoms with Crippen molar-refractivity contribution in [3.05, 3.63) is 71.3 Å². The number of carbonyl (C=O) groups is 1. The van der Waals surface area contributed by atoms with Crippen LogP contribution in [0.2, 0.25) is 0 Å². The molecule has 28 heavy (non-hydrogen) atoms. The maximum absolute atomic E-state index is 12.6. The Kier molecular flexibility index (Phi) is 6.11. The van der Waals surface area contributed by atoms with Gasteiger partial charge in [0.2, 0.25) is 15.9 Å². The van der Waals surface area contributed by atoms with Gasteiger partial charge in [-0.05, 0) is 30.0 Å². The Balaban J connectivity index is 1.57. The van der Waals surface area contributed by atoms with Crippen molar-refractivity contribution in [3.8, 4) is 0 Å². The highest BCUT2D eigenvalue weighted by atomic mass is 32.2. The molecule has 1 saturated heterocycles. The standard InChI is InChI=1S/C20H24N4O3S/c21-19(22)17-8-4-7-16(13-17)14-24-11-9-18(20(24)25)23-28(26,27)12-10-15-5-2-1-3-6-15/h1-8,13,18,23H,9-12,14H2,(H3,21,22)/t18-/m0/s1. The van der Waals surface area contributed by atoms with E-state index in [1.807, 2.05) is 36.4 Å². The molecule has 1 heterocycles. The summed E-state index contributed by atoms with van der Waals surface area (Å²) < 4.78 is 27.3. The first-order valence-corrected chi connectivity index (χ1v) is 10.8. The number of carbonyl (C=O) groups excluding carboxylic acids is 1. The molecule has 2 aromatic carbocycles. The largest absolute Gasteiger partial charge is 0.384 e. The Bertz CT molecular complexity index is 960. The predicted octanol–water partition coefficient (Wildman–Crippen LogP) is 1.23. The SMILES string of the molecule is N=C(N)c1cccc(CN2CC[C@H](NS(=O)(=O)CCc3ccccc3)C2=O)c1. The maximum atomic E-state index is 12.6. The highest BCUT2D eigenvalue weighted by Crippen LogP contribution is 2.17. The smallest absolute Gasteiger partial charge is 0.241 e. The number of amides is 1. The van der Waals surface area contributed by atoms with E-state index >= 15 is 0 Å². The molecule has 0 aliphatic carbocycles. The molecule has 0 radical (unpaired) electrons. The van der Waals surface area contributed by atoms with Gasteiger partial charge in [0, 0.05) is 18.7 Å². The van der Waals surface area contributed by atoms with E-state index in [0.717, 1.165) is 11.1 Å². The number of amidine groups is 1. The molecule has 3 rings (SSSR count). The van der Waals surface area contributed by atoms with E-state index in [2.05, 4.69) is 4.72 Å². The van der Waals surface area contributed by atoms with Crippen LogP contribution in [0.5, 0.6) is 0 Å². The van der Waals surface area contributed by atoms with Gasteiger partial charge in [-0.3, -0.25) is 10.2 Å². The third-order valence-electron chi connectivity index (χ3n) is 4.73. The van der Waals surface area contributed by atoms with Crippen LogP contribution < -0.4 is 10.5 Å². The second-order valence-electron chi connectivity index (χ2n) is 6.89. The van der Waals surface area contributed by atoms with Gasteiger partial charge in [0.25, 0.3) is 0 Å². The molecule has 1 fully saturated rings. The minimum absolute atomic E-state index is 0.0290. The Morgan fingerprint density at radius 3 is 2.57 bits per heavy atom. The summed E-state index contributed by atoms with van der Waals surface area (Å²) in [6.07, 6.45) is 0.842. The number of rotatable bonds is 8.